The molecule has 0 aromatic heterocycles. The van der Waals surface area contributed by atoms with E-state index < -0.39 is 6.03 Å². The monoisotopic (exact) mass is 269 g/mol. The van der Waals surface area contributed by atoms with Crippen LogP contribution in [-0.2, 0) is 4.79 Å². The second-order valence-electron chi connectivity index (χ2n) is 3.78. The maximum Gasteiger partial charge on any atom is 0.321 e. The minimum atomic E-state index is -0.513. The summed E-state index contributed by atoms with van der Waals surface area (Å²) in [7, 11) is 1.45. The lowest BCUT2D eigenvalue weighted by molar-refractivity contribution is -0.119. The minimum Gasteiger partial charge on any atom is -0.341 e. The number of halogens is 1. The van der Waals surface area contributed by atoms with Gasteiger partial charge in [-0.3, -0.25) is 10.1 Å². The summed E-state index contributed by atoms with van der Waals surface area (Å²) in [5.74, 6) is -0.379. The van der Waals surface area contributed by atoms with Crippen LogP contribution >= 0.6 is 11.6 Å². The summed E-state index contributed by atoms with van der Waals surface area (Å²) >= 11 is 5.79. The molecule has 0 spiro atoms. The maximum atomic E-state index is 11.3. The highest BCUT2D eigenvalue weighted by Crippen LogP contribution is 2.15. The molecule has 0 aliphatic rings. The Hall–Kier alpha value is -1.59. The van der Waals surface area contributed by atoms with Gasteiger partial charge in [0.15, 0.2) is 0 Å². The van der Waals surface area contributed by atoms with Crippen LogP contribution in [-0.4, -0.2) is 25.5 Å². The second kappa shape index (κ2) is 6.98. The Balaban J connectivity index is 2.41. The number of amides is 3. The van der Waals surface area contributed by atoms with Crippen molar-refractivity contribution >= 4 is 23.5 Å². The van der Waals surface area contributed by atoms with E-state index >= 15 is 0 Å². The van der Waals surface area contributed by atoms with E-state index in [9.17, 15) is 9.59 Å². The fourth-order valence-electron chi connectivity index (χ4n) is 1.35. The molecule has 0 bridgehead atoms. The Morgan fingerprint density at radius 3 is 2.44 bits per heavy atom. The van der Waals surface area contributed by atoms with Gasteiger partial charge in [0.1, 0.15) is 0 Å². The van der Waals surface area contributed by atoms with Crippen molar-refractivity contribution < 1.29 is 9.59 Å². The molecule has 1 aromatic carbocycles. The number of nitrogens with one attached hydrogen (secondary N) is 3. The van der Waals surface area contributed by atoms with Crippen LogP contribution in [0.25, 0.3) is 0 Å². The topological polar surface area (TPSA) is 70.2 Å². The molecule has 6 heteroatoms. The number of hydrogen-bond acceptors (Lipinski definition) is 3. The van der Waals surface area contributed by atoms with Crippen molar-refractivity contribution in [1.82, 2.24) is 16.0 Å². The van der Waals surface area contributed by atoms with Gasteiger partial charge in [0.05, 0.1) is 6.54 Å². The summed E-state index contributed by atoms with van der Waals surface area (Å²) < 4.78 is 0. The van der Waals surface area contributed by atoms with Crippen LogP contribution in [0, 0.1) is 0 Å². The third-order valence-corrected chi connectivity index (χ3v) is 2.67. The Kier molecular flexibility index (Phi) is 5.61. The number of urea groups is 1. The largest absolute Gasteiger partial charge is 0.341 e. The molecule has 0 heterocycles. The second-order valence-corrected chi connectivity index (χ2v) is 4.22. The van der Waals surface area contributed by atoms with Crippen LogP contribution in [0.1, 0.15) is 18.5 Å². The van der Waals surface area contributed by atoms with Gasteiger partial charge < -0.3 is 10.6 Å². The number of carbonyl (C=O) groups is 2. The summed E-state index contributed by atoms with van der Waals surface area (Å²) in [5, 5.41) is 8.16. The first-order chi connectivity index (χ1) is 8.52. The average molecular weight is 270 g/mol. The number of hydrogen-bond donors (Lipinski definition) is 3. The van der Waals surface area contributed by atoms with Crippen LogP contribution in [0.4, 0.5) is 4.79 Å². The van der Waals surface area contributed by atoms with Crippen molar-refractivity contribution in [3.8, 4) is 0 Å². The van der Waals surface area contributed by atoms with Crippen LogP contribution in [0.2, 0.25) is 5.02 Å². The number of benzene rings is 1. The van der Waals surface area contributed by atoms with Crippen molar-refractivity contribution in [3.05, 3.63) is 34.9 Å². The lowest BCUT2D eigenvalue weighted by Gasteiger charge is -2.13. The lowest BCUT2D eigenvalue weighted by Crippen LogP contribution is -2.42. The molecule has 0 saturated heterocycles. The fourth-order valence-corrected chi connectivity index (χ4v) is 1.47. The summed E-state index contributed by atoms with van der Waals surface area (Å²) in [5.41, 5.74) is 1.02. The van der Waals surface area contributed by atoms with Gasteiger partial charge in [0.25, 0.3) is 0 Å². The summed E-state index contributed by atoms with van der Waals surface area (Å²) in [6.07, 6.45) is 0. The number of rotatable bonds is 4. The highest BCUT2D eigenvalue weighted by molar-refractivity contribution is 6.30. The third-order valence-electron chi connectivity index (χ3n) is 2.42. The first-order valence-electron chi connectivity index (χ1n) is 5.53. The molecule has 0 fully saturated rings. The van der Waals surface area contributed by atoms with Crippen molar-refractivity contribution in [2.45, 2.75) is 13.0 Å². The standard InChI is InChI=1S/C12H16ClN3O2/c1-8(9-3-5-10(13)6-4-9)15-7-11(17)16-12(18)14-2/h3-6,8,15H,7H2,1-2H3,(H2,14,16,17,18)/t8-/m1/s1. The molecule has 18 heavy (non-hydrogen) atoms. The van der Waals surface area contributed by atoms with Gasteiger partial charge in [-0.15, -0.1) is 0 Å². The summed E-state index contributed by atoms with van der Waals surface area (Å²) in [4.78, 5) is 22.2. The molecule has 3 N–H and O–H groups in total. The predicted molar refractivity (Wildman–Crippen MR) is 70.5 cm³/mol. The van der Waals surface area contributed by atoms with E-state index in [1.54, 1.807) is 12.1 Å². The minimum absolute atomic E-state index is 0.00213. The van der Waals surface area contributed by atoms with E-state index in [1.165, 1.54) is 7.05 Å². The summed E-state index contributed by atoms with van der Waals surface area (Å²) in [6.45, 7) is 1.99. The molecular formula is C12H16ClN3O2. The zero-order valence-electron chi connectivity index (χ0n) is 10.3. The highest BCUT2D eigenvalue weighted by atomic mass is 35.5. The van der Waals surface area contributed by atoms with Gasteiger partial charge in [-0.25, -0.2) is 4.79 Å². The van der Waals surface area contributed by atoms with E-state index in [1.807, 2.05) is 19.1 Å². The lowest BCUT2D eigenvalue weighted by atomic mass is 10.1. The van der Waals surface area contributed by atoms with Crippen molar-refractivity contribution in [1.29, 1.82) is 0 Å². The van der Waals surface area contributed by atoms with Crippen LogP contribution in [0.3, 0.4) is 0 Å². The smallest absolute Gasteiger partial charge is 0.321 e. The molecule has 1 aromatic rings. The van der Waals surface area contributed by atoms with Gasteiger partial charge in [0, 0.05) is 18.1 Å². The zero-order valence-corrected chi connectivity index (χ0v) is 11.0. The van der Waals surface area contributed by atoms with Crippen molar-refractivity contribution in [2.75, 3.05) is 13.6 Å². The highest BCUT2D eigenvalue weighted by Gasteiger charge is 2.09. The van der Waals surface area contributed by atoms with E-state index in [-0.39, 0.29) is 18.5 Å². The molecule has 0 aliphatic heterocycles. The molecule has 98 valence electrons. The van der Waals surface area contributed by atoms with Gasteiger partial charge >= 0.3 is 6.03 Å². The van der Waals surface area contributed by atoms with Gasteiger partial charge in [-0.05, 0) is 24.6 Å². The normalized spacial score (nSPS) is 11.7. The molecular weight excluding hydrogens is 254 g/mol. The summed E-state index contributed by atoms with van der Waals surface area (Å²) in [6, 6.07) is 6.84. The number of imide groups is 1. The SMILES string of the molecule is CNC(=O)NC(=O)CN[C@H](C)c1ccc(Cl)cc1. The molecule has 3 amide bonds. The molecule has 5 nitrogen and oxygen atoms in total. The van der Waals surface area contributed by atoms with Gasteiger partial charge in [0.2, 0.25) is 5.91 Å². The van der Waals surface area contributed by atoms with Crippen LogP contribution in [0.15, 0.2) is 24.3 Å². The zero-order chi connectivity index (χ0) is 13.5. The third kappa shape index (κ3) is 4.73. The Morgan fingerprint density at radius 1 is 1.28 bits per heavy atom. The van der Waals surface area contributed by atoms with E-state index in [0.717, 1.165) is 5.56 Å². The van der Waals surface area contributed by atoms with E-state index in [2.05, 4.69) is 16.0 Å². The Labute approximate surface area is 111 Å². The van der Waals surface area contributed by atoms with Crippen LogP contribution < -0.4 is 16.0 Å². The average Bonchev–Trinajstić information content (AvgIpc) is 2.36. The maximum absolute atomic E-state index is 11.3. The quantitative estimate of drug-likeness (QED) is 0.775. The Bertz CT molecular complexity index is 420. The molecule has 0 radical (unpaired) electrons. The first-order valence-corrected chi connectivity index (χ1v) is 5.91. The molecule has 0 unspecified atom stereocenters. The predicted octanol–water partition coefficient (Wildman–Crippen LogP) is 1.45. The van der Waals surface area contributed by atoms with E-state index in [0.29, 0.717) is 5.02 Å². The molecule has 1 rings (SSSR count). The van der Waals surface area contributed by atoms with Gasteiger partial charge in [-0.2, -0.15) is 0 Å². The van der Waals surface area contributed by atoms with Crippen molar-refractivity contribution in [2.24, 2.45) is 0 Å². The van der Waals surface area contributed by atoms with Crippen molar-refractivity contribution in [3.63, 3.8) is 0 Å². The Morgan fingerprint density at radius 2 is 1.89 bits per heavy atom. The molecule has 0 saturated carbocycles. The first kappa shape index (κ1) is 14.5. The molecule has 1 atom stereocenters. The fraction of sp³-hybridized carbons (Fsp3) is 0.333. The van der Waals surface area contributed by atoms with E-state index in [4.69, 9.17) is 11.6 Å². The van der Waals surface area contributed by atoms with Crippen LogP contribution in [0.5, 0.6) is 0 Å². The number of carbonyl (C=O) groups excluding carboxylic acids is 2. The van der Waals surface area contributed by atoms with Gasteiger partial charge in [-0.1, -0.05) is 23.7 Å². The molecule has 0 aliphatic carbocycles.